The lowest BCUT2D eigenvalue weighted by Crippen LogP contribution is -2.06. The second-order valence-electron chi connectivity index (χ2n) is 5.17. The van der Waals surface area contributed by atoms with Gasteiger partial charge in [0.2, 0.25) is 5.89 Å². The molecule has 0 saturated carbocycles. The summed E-state index contributed by atoms with van der Waals surface area (Å²) in [6.07, 6.45) is 2.54. The van der Waals surface area contributed by atoms with E-state index in [4.69, 9.17) is 4.42 Å². The Balaban J connectivity index is 2.22. The van der Waals surface area contributed by atoms with Crippen LogP contribution in [-0.4, -0.2) is 38.8 Å². The highest BCUT2D eigenvalue weighted by molar-refractivity contribution is 7.91. The van der Waals surface area contributed by atoms with Gasteiger partial charge in [0.15, 0.2) is 25.3 Å². The Labute approximate surface area is 139 Å². The number of pyridine rings is 1. The summed E-state index contributed by atoms with van der Waals surface area (Å²) in [5, 5.41) is 0. The SMILES string of the molecule is CCS(=O)(=O)c1cccnc1-c1nc2cc(S(C)(=O)=O)ccc2o1. The van der Waals surface area contributed by atoms with Crippen molar-refractivity contribution in [1.29, 1.82) is 0 Å². The van der Waals surface area contributed by atoms with Gasteiger partial charge in [0, 0.05) is 12.5 Å². The van der Waals surface area contributed by atoms with Crippen LogP contribution in [0.2, 0.25) is 0 Å². The number of aromatic nitrogens is 2. The lowest BCUT2D eigenvalue weighted by molar-refractivity contribution is 0.592. The monoisotopic (exact) mass is 366 g/mol. The highest BCUT2D eigenvalue weighted by atomic mass is 32.2. The van der Waals surface area contributed by atoms with Crippen molar-refractivity contribution in [2.45, 2.75) is 16.7 Å². The van der Waals surface area contributed by atoms with E-state index in [-0.39, 0.29) is 27.1 Å². The standard InChI is InChI=1S/C15H14N2O5S2/c1-3-24(20,21)13-5-4-8-16-14(13)15-17-11-9-10(23(2,18)19)6-7-12(11)22-15/h4-9H,3H2,1-2H3. The zero-order valence-electron chi connectivity index (χ0n) is 12.9. The second kappa shape index (κ2) is 5.67. The minimum absolute atomic E-state index is 0.0300. The van der Waals surface area contributed by atoms with Gasteiger partial charge in [-0.1, -0.05) is 6.92 Å². The van der Waals surface area contributed by atoms with Crippen LogP contribution in [-0.2, 0) is 19.7 Å². The van der Waals surface area contributed by atoms with Crippen molar-refractivity contribution < 1.29 is 21.3 Å². The Hall–Kier alpha value is -2.26. The number of fused-ring (bicyclic) bond motifs is 1. The van der Waals surface area contributed by atoms with Crippen LogP contribution in [0.4, 0.5) is 0 Å². The number of hydrogen-bond donors (Lipinski definition) is 0. The zero-order valence-corrected chi connectivity index (χ0v) is 14.6. The largest absolute Gasteiger partial charge is 0.435 e. The predicted molar refractivity (Wildman–Crippen MR) is 88.1 cm³/mol. The van der Waals surface area contributed by atoms with Crippen molar-refractivity contribution in [1.82, 2.24) is 9.97 Å². The molecule has 0 aliphatic heterocycles. The molecule has 0 radical (unpaired) electrons. The maximum atomic E-state index is 12.2. The summed E-state index contributed by atoms with van der Waals surface area (Å²) < 4.78 is 53.2. The third-order valence-corrected chi connectivity index (χ3v) is 6.35. The quantitative estimate of drug-likeness (QED) is 0.695. The Kier molecular flexibility index (Phi) is 3.92. The fourth-order valence-electron chi connectivity index (χ4n) is 2.20. The van der Waals surface area contributed by atoms with E-state index in [2.05, 4.69) is 9.97 Å². The van der Waals surface area contributed by atoms with Gasteiger partial charge in [-0.3, -0.25) is 0 Å². The molecule has 0 amide bonds. The van der Waals surface area contributed by atoms with Gasteiger partial charge >= 0.3 is 0 Å². The first kappa shape index (κ1) is 16.6. The maximum Gasteiger partial charge on any atom is 0.247 e. The summed E-state index contributed by atoms with van der Waals surface area (Å²) in [6, 6.07) is 7.25. The van der Waals surface area contributed by atoms with Crippen molar-refractivity contribution in [3.05, 3.63) is 36.5 Å². The highest BCUT2D eigenvalue weighted by Gasteiger charge is 2.22. The molecule has 3 aromatic rings. The van der Waals surface area contributed by atoms with E-state index in [1.165, 1.54) is 43.5 Å². The summed E-state index contributed by atoms with van der Waals surface area (Å²) in [5.41, 5.74) is 0.776. The van der Waals surface area contributed by atoms with Crippen LogP contribution in [0.5, 0.6) is 0 Å². The molecule has 1 aromatic carbocycles. The molecular formula is C15H14N2O5S2. The topological polar surface area (TPSA) is 107 Å². The molecule has 7 nitrogen and oxygen atoms in total. The first-order valence-corrected chi connectivity index (χ1v) is 10.6. The summed E-state index contributed by atoms with van der Waals surface area (Å²) >= 11 is 0. The van der Waals surface area contributed by atoms with E-state index in [0.29, 0.717) is 11.1 Å². The Morgan fingerprint density at radius 1 is 1.12 bits per heavy atom. The van der Waals surface area contributed by atoms with Crippen molar-refractivity contribution in [2.75, 3.05) is 12.0 Å². The van der Waals surface area contributed by atoms with E-state index in [0.717, 1.165) is 6.26 Å². The van der Waals surface area contributed by atoms with E-state index in [9.17, 15) is 16.8 Å². The third-order valence-electron chi connectivity index (χ3n) is 3.48. The average molecular weight is 366 g/mol. The molecule has 2 heterocycles. The second-order valence-corrected chi connectivity index (χ2v) is 9.44. The lowest BCUT2D eigenvalue weighted by Gasteiger charge is -2.04. The van der Waals surface area contributed by atoms with Gasteiger partial charge in [-0.15, -0.1) is 0 Å². The molecule has 0 aliphatic rings. The molecule has 0 atom stereocenters. The number of rotatable bonds is 4. The summed E-state index contributed by atoms with van der Waals surface area (Å²) in [4.78, 5) is 8.42. The van der Waals surface area contributed by atoms with Crippen molar-refractivity contribution in [2.24, 2.45) is 0 Å². The number of oxazole rings is 1. The molecule has 0 bridgehead atoms. The van der Waals surface area contributed by atoms with Crippen LogP contribution in [0.3, 0.4) is 0 Å². The van der Waals surface area contributed by atoms with Crippen LogP contribution < -0.4 is 0 Å². The lowest BCUT2D eigenvalue weighted by atomic mass is 10.3. The van der Waals surface area contributed by atoms with E-state index in [1.807, 2.05) is 0 Å². The molecule has 3 rings (SSSR count). The van der Waals surface area contributed by atoms with E-state index in [1.54, 1.807) is 0 Å². The van der Waals surface area contributed by atoms with Crippen molar-refractivity contribution >= 4 is 30.8 Å². The Morgan fingerprint density at radius 3 is 2.54 bits per heavy atom. The smallest absolute Gasteiger partial charge is 0.247 e. The van der Waals surface area contributed by atoms with Crippen LogP contribution in [0.15, 0.2) is 50.7 Å². The van der Waals surface area contributed by atoms with Crippen LogP contribution in [0.1, 0.15) is 6.92 Å². The van der Waals surface area contributed by atoms with Crippen LogP contribution in [0, 0.1) is 0 Å². The highest BCUT2D eigenvalue weighted by Crippen LogP contribution is 2.29. The first-order valence-electron chi connectivity index (χ1n) is 7.01. The number of benzene rings is 1. The van der Waals surface area contributed by atoms with Crippen molar-refractivity contribution in [3.8, 4) is 11.6 Å². The Bertz CT molecular complexity index is 1130. The first-order chi connectivity index (χ1) is 11.2. The van der Waals surface area contributed by atoms with Crippen molar-refractivity contribution in [3.63, 3.8) is 0 Å². The van der Waals surface area contributed by atoms with Gasteiger partial charge in [-0.05, 0) is 30.3 Å². The minimum Gasteiger partial charge on any atom is -0.435 e. The summed E-state index contributed by atoms with van der Waals surface area (Å²) in [6.45, 7) is 1.54. The molecule has 9 heteroatoms. The molecule has 0 spiro atoms. The normalized spacial score (nSPS) is 12.6. The molecule has 126 valence electrons. The van der Waals surface area contributed by atoms with Gasteiger partial charge < -0.3 is 4.42 Å². The molecule has 0 N–H and O–H groups in total. The van der Waals surface area contributed by atoms with E-state index < -0.39 is 19.7 Å². The van der Waals surface area contributed by atoms with Gasteiger partial charge in [0.1, 0.15) is 11.2 Å². The maximum absolute atomic E-state index is 12.2. The van der Waals surface area contributed by atoms with Gasteiger partial charge in [0.05, 0.1) is 15.5 Å². The summed E-state index contributed by atoms with van der Waals surface area (Å²) in [7, 11) is -6.88. The molecule has 0 saturated heterocycles. The van der Waals surface area contributed by atoms with E-state index >= 15 is 0 Å². The molecule has 2 aromatic heterocycles. The zero-order chi connectivity index (χ0) is 17.5. The van der Waals surface area contributed by atoms with Gasteiger partial charge in [-0.2, -0.15) is 0 Å². The van der Waals surface area contributed by atoms with Gasteiger partial charge in [0.25, 0.3) is 0 Å². The van der Waals surface area contributed by atoms with Crippen LogP contribution >= 0.6 is 0 Å². The average Bonchev–Trinajstić information content (AvgIpc) is 2.97. The molecule has 0 unspecified atom stereocenters. The molecule has 0 fully saturated rings. The minimum atomic E-state index is -3.50. The Morgan fingerprint density at radius 2 is 1.88 bits per heavy atom. The molecular weight excluding hydrogens is 352 g/mol. The predicted octanol–water partition coefficient (Wildman–Crippen LogP) is 2.09. The summed E-state index contributed by atoms with van der Waals surface area (Å²) in [5.74, 6) is -0.0484. The number of hydrogen-bond acceptors (Lipinski definition) is 7. The number of sulfone groups is 2. The van der Waals surface area contributed by atoms with Gasteiger partial charge in [-0.25, -0.2) is 26.8 Å². The molecule has 0 aliphatic carbocycles. The fraction of sp³-hybridized carbons (Fsp3) is 0.200. The third kappa shape index (κ3) is 2.92. The fourth-order valence-corrected chi connectivity index (χ4v) is 3.87. The molecule has 24 heavy (non-hydrogen) atoms. The number of nitrogens with zero attached hydrogens (tertiary/aromatic N) is 2. The van der Waals surface area contributed by atoms with Crippen LogP contribution in [0.25, 0.3) is 22.7 Å².